The smallest absolute Gasteiger partial charge is 0.0166 e. The summed E-state index contributed by atoms with van der Waals surface area (Å²) in [6, 6.07) is 0. The SMILES string of the molecule is C=C/C=C/CC=CCCC. The lowest BCUT2D eigenvalue weighted by Gasteiger charge is -1.82. The van der Waals surface area contributed by atoms with Crippen molar-refractivity contribution in [3.63, 3.8) is 0 Å². The lowest BCUT2D eigenvalue weighted by molar-refractivity contribution is 0.954. The van der Waals surface area contributed by atoms with Crippen LogP contribution in [0.2, 0.25) is 0 Å². The van der Waals surface area contributed by atoms with Gasteiger partial charge in [0.15, 0.2) is 0 Å². The van der Waals surface area contributed by atoms with E-state index in [1.165, 1.54) is 12.8 Å². The van der Waals surface area contributed by atoms with E-state index in [4.69, 9.17) is 0 Å². The Bertz CT molecular complexity index is 118. The summed E-state index contributed by atoms with van der Waals surface area (Å²) < 4.78 is 0. The second-order valence-corrected chi connectivity index (χ2v) is 2.16. The van der Waals surface area contributed by atoms with Gasteiger partial charge in [0.1, 0.15) is 0 Å². The Morgan fingerprint density at radius 1 is 1.20 bits per heavy atom. The van der Waals surface area contributed by atoms with E-state index in [2.05, 4.69) is 31.7 Å². The zero-order chi connectivity index (χ0) is 7.66. The Morgan fingerprint density at radius 2 is 2.00 bits per heavy atom. The minimum Gasteiger partial charge on any atom is -0.0991 e. The zero-order valence-electron chi connectivity index (χ0n) is 6.72. The standard InChI is InChI=1S/C10H16/c1-3-5-7-9-10-8-6-4-2/h3,5,7-8,10H,1,4,6,9H2,2H3/b7-5+,10-8?. The van der Waals surface area contributed by atoms with E-state index in [0.29, 0.717) is 0 Å². The zero-order valence-corrected chi connectivity index (χ0v) is 6.72. The summed E-state index contributed by atoms with van der Waals surface area (Å²) in [5, 5.41) is 0. The number of rotatable bonds is 5. The van der Waals surface area contributed by atoms with Crippen LogP contribution in [0.25, 0.3) is 0 Å². The molecular weight excluding hydrogens is 120 g/mol. The van der Waals surface area contributed by atoms with E-state index in [1.54, 1.807) is 6.08 Å². The molecule has 10 heavy (non-hydrogen) atoms. The molecule has 0 radical (unpaired) electrons. The number of unbranched alkanes of at least 4 members (excludes halogenated alkanes) is 1. The molecule has 0 amide bonds. The van der Waals surface area contributed by atoms with Crippen LogP contribution in [-0.2, 0) is 0 Å². The van der Waals surface area contributed by atoms with Crippen molar-refractivity contribution < 1.29 is 0 Å². The second kappa shape index (κ2) is 8.22. The Hall–Kier alpha value is -0.780. The van der Waals surface area contributed by atoms with Gasteiger partial charge in [-0.3, -0.25) is 0 Å². The predicted octanol–water partition coefficient (Wildman–Crippen LogP) is 3.48. The van der Waals surface area contributed by atoms with Crippen molar-refractivity contribution in [2.45, 2.75) is 26.2 Å². The fraction of sp³-hybridized carbons (Fsp3) is 0.400. The van der Waals surface area contributed by atoms with Gasteiger partial charge < -0.3 is 0 Å². The van der Waals surface area contributed by atoms with Gasteiger partial charge in [-0.25, -0.2) is 0 Å². The summed E-state index contributed by atoms with van der Waals surface area (Å²) in [5.41, 5.74) is 0. The summed E-state index contributed by atoms with van der Waals surface area (Å²) in [4.78, 5) is 0. The molecule has 0 saturated heterocycles. The van der Waals surface area contributed by atoms with Crippen LogP contribution < -0.4 is 0 Å². The van der Waals surface area contributed by atoms with E-state index < -0.39 is 0 Å². The highest BCUT2D eigenvalue weighted by Crippen LogP contribution is 1.91. The largest absolute Gasteiger partial charge is 0.0991 e. The lowest BCUT2D eigenvalue weighted by atomic mass is 10.3. The fourth-order valence-corrected chi connectivity index (χ4v) is 0.634. The van der Waals surface area contributed by atoms with E-state index in [9.17, 15) is 0 Å². The fourth-order valence-electron chi connectivity index (χ4n) is 0.634. The quantitative estimate of drug-likeness (QED) is 0.401. The molecule has 56 valence electrons. The highest BCUT2D eigenvalue weighted by molar-refractivity contribution is 5.00. The van der Waals surface area contributed by atoms with Crippen LogP contribution in [-0.4, -0.2) is 0 Å². The third kappa shape index (κ3) is 7.22. The van der Waals surface area contributed by atoms with Gasteiger partial charge in [0.2, 0.25) is 0 Å². The Morgan fingerprint density at radius 3 is 2.60 bits per heavy atom. The number of hydrogen-bond donors (Lipinski definition) is 0. The van der Waals surface area contributed by atoms with Gasteiger partial charge in [0, 0.05) is 0 Å². The predicted molar refractivity (Wildman–Crippen MR) is 48.0 cm³/mol. The van der Waals surface area contributed by atoms with Crippen LogP contribution in [0.5, 0.6) is 0 Å². The molecule has 0 saturated carbocycles. The van der Waals surface area contributed by atoms with Crippen molar-refractivity contribution in [1.29, 1.82) is 0 Å². The summed E-state index contributed by atoms with van der Waals surface area (Å²) in [5.74, 6) is 0. The van der Waals surface area contributed by atoms with Crippen LogP contribution in [0.4, 0.5) is 0 Å². The van der Waals surface area contributed by atoms with Crippen molar-refractivity contribution in [3.8, 4) is 0 Å². The Kier molecular flexibility index (Phi) is 7.58. The molecule has 0 aromatic rings. The summed E-state index contributed by atoms with van der Waals surface area (Å²) >= 11 is 0. The van der Waals surface area contributed by atoms with Crippen molar-refractivity contribution in [1.82, 2.24) is 0 Å². The first-order valence-corrected chi connectivity index (χ1v) is 3.84. The van der Waals surface area contributed by atoms with Gasteiger partial charge in [-0.05, 0) is 12.8 Å². The topological polar surface area (TPSA) is 0 Å². The molecule has 0 aliphatic carbocycles. The van der Waals surface area contributed by atoms with Gasteiger partial charge in [-0.2, -0.15) is 0 Å². The maximum atomic E-state index is 3.58. The van der Waals surface area contributed by atoms with Crippen LogP contribution in [0.3, 0.4) is 0 Å². The molecule has 0 nitrogen and oxygen atoms in total. The average Bonchev–Trinajstić information content (AvgIpc) is 1.97. The van der Waals surface area contributed by atoms with E-state index in [-0.39, 0.29) is 0 Å². The molecule has 0 aliphatic rings. The molecule has 0 heteroatoms. The number of allylic oxidation sites excluding steroid dienone is 5. The van der Waals surface area contributed by atoms with Crippen molar-refractivity contribution in [2.75, 3.05) is 0 Å². The first-order chi connectivity index (χ1) is 4.91. The second-order valence-electron chi connectivity index (χ2n) is 2.16. The van der Waals surface area contributed by atoms with Gasteiger partial charge in [-0.15, -0.1) is 0 Å². The molecule has 0 aromatic carbocycles. The van der Waals surface area contributed by atoms with Crippen molar-refractivity contribution in [2.24, 2.45) is 0 Å². The first kappa shape index (κ1) is 9.22. The van der Waals surface area contributed by atoms with Crippen LogP contribution in [0.15, 0.2) is 37.0 Å². The molecule has 0 heterocycles. The molecule has 0 atom stereocenters. The summed E-state index contributed by atoms with van der Waals surface area (Å²) in [6.07, 6.45) is 13.7. The van der Waals surface area contributed by atoms with Crippen molar-refractivity contribution in [3.05, 3.63) is 37.0 Å². The monoisotopic (exact) mass is 136 g/mol. The van der Waals surface area contributed by atoms with Gasteiger partial charge in [0.05, 0.1) is 0 Å². The molecule has 0 spiro atoms. The molecule has 0 rings (SSSR count). The van der Waals surface area contributed by atoms with Gasteiger partial charge in [0.25, 0.3) is 0 Å². The maximum Gasteiger partial charge on any atom is -0.0166 e. The molecule has 0 bridgehead atoms. The molecule has 0 aliphatic heterocycles. The molecule has 0 N–H and O–H groups in total. The van der Waals surface area contributed by atoms with E-state index >= 15 is 0 Å². The molecular formula is C10H16. The van der Waals surface area contributed by atoms with Gasteiger partial charge >= 0.3 is 0 Å². The lowest BCUT2D eigenvalue weighted by Crippen LogP contribution is -1.61. The Labute approximate surface area is 64.0 Å². The highest BCUT2D eigenvalue weighted by atomic mass is 13.8. The minimum atomic E-state index is 1.03. The molecule has 0 fully saturated rings. The van der Waals surface area contributed by atoms with E-state index in [1.807, 2.05) is 6.08 Å². The average molecular weight is 136 g/mol. The maximum absolute atomic E-state index is 3.58. The summed E-state index contributed by atoms with van der Waals surface area (Å²) in [7, 11) is 0. The highest BCUT2D eigenvalue weighted by Gasteiger charge is 1.71. The van der Waals surface area contributed by atoms with Gasteiger partial charge in [-0.1, -0.05) is 50.3 Å². The normalized spacial score (nSPS) is 11.3. The van der Waals surface area contributed by atoms with Crippen LogP contribution in [0, 0.1) is 0 Å². The third-order valence-corrected chi connectivity index (χ3v) is 1.17. The molecule has 0 unspecified atom stereocenters. The van der Waals surface area contributed by atoms with Crippen molar-refractivity contribution >= 4 is 0 Å². The molecule has 0 aromatic heterocycles. The Balaban J connectivity index is 3.17. The van der Waals surface area contributed by atoms with Crippen LogP contribution in [0.1, 0.15) is 26.2 Å². The first-order valence-electron chi connectivity index (χ1n) is 3.84. The summed E-state index contributed by atoms with van der Waals surface area (Å²) in [6.45, 7) is 5.77. The minimum absolute atomic E-state index is 1.03. The third-order valence-electron chi connectivity index (χ3n) is 1.17. The number of hydrogen-bond acceptors (Lipinski definition) is 0. The van der Waals surface area contributed by atoms with Crippen LogP contribution >= 0.6 is 0 Å². The van der Waals surface area contributed by atoms with E-state index in [0.717, 1.165) is 6.42 Å².